The predicted octanol–water partition coefficient (Wildman–Crippen LogP) is 2.52. The van der Waals surface area contributed by atoms with Crippen LogP contribution in [0.25, 0.3) is 16.7 Å². The lowest BCUT2D eigenvalue weighted by Gasteiger charge is -2.24. The molecule has 0 unspecified atom stereocenters. The lowest BCUT2D eigenvalue weighted by atomic mass is 10.2. The second-order valence-electron chi connectivity index (χ2n) is 5.47. The third-order valence-electron chi connectivity index (χ3n) is 3.86. The monoisotopic (exact) mass is 326 g/mol. The van der Waals surface area contributed by atoms with Crippen molar-refractivity contribution in [3.05, 3.63) is 48.5 Å². The van der Waals surface area contributed by atoms with Crippen LogP contribution in [-0.4, -0.2) is 55.5 Å². The Hall–Kier alpha value is -2.44. The first-order chi connectivity index (χ1) is 11.8. The van der Waals surface area contributed by atoms with Crippen molar-refractivity contribution >= 4 is 16.7 Å². The van der Waals surface area contributed by atoms with E-state index in [2.05, 4.69) is 27.2 Å². The van der Waals surface area contributed by atoms with Crippen molar-refractivity contribution in [1.29, 1.82) is 0 Å². The predicted molar refractivity (Wildman–Crippen MR) is 94.8 cm³/mol. The van der Waals surface area contributed by atoms with Crippen LogP contribution >= 0.6 is 0 Å². The number of benzene rings is 2. The highest BCUT2D eigenvalue weighted by Crippen LogP contribution is 2.18. The van der Waals surface area contributed by atoms with Gasteiger partial charge in [0.1, 0.15) is 11.0 Å². The van der Waals surface area contributed by atoms with E-state index >= 15 is 0 Å². The zero-order valence-electron chi connectivity index (χ0n) is 14.1. The molecule has 0 aliphatic rings. The Morgan fingerprint density at radius 2 is 1.38 bits per heavy atom. The van der Waals surface area contributed by atoms with E-state index < -0.39 is 0 Å². The molecule has 0 saturated carbocycles. The molecule has 24 heavy (non-hydrogen) atoms. The van der Waals surface area contributed by atoms with E-state index in [1.54, 1.807) is 19.0 Å². The van der Waals surface area contributed by atoms with Crippen LogP contribution in [0.4, 0.5) is 5.69 Å². The number of fused-ring (bicyclic) bond motifs is 1. The summed E-state index contributed by atoms with van der Waals surface area (Å²) in [6.45, 7) is 3.00. The molecule has 0 spiro atoms. The van der Waals surface area contributed by atoms with Gasteiger partial charge in [-0.2, -0.15) is 4.80 Å². The quantitative estimate of drug-likeness (QED) is 0.637. The average Bonchev–Trinajstić information content (AvgIpc) is 3.06. The Bertz CT molecular complexity index is 729. The van der Waals surface area contributed by atoms with E-state index in [9.17, 15) is 0 Å². The Kier molecular flexibility index (Phi) is 5.40. The van der Waals surface area contributed by atoms with Gasteiger partial charge in [0.15, 0.2) is 0 Å². The highest BCUT2D eigenvalue weighted by molar-refractivity contribution is 5.73. The van der Waals surface area contributed by atoms with E-state index in [0.717, 1.165) is 35.5 Å². The summed E-state index contributed by atoms with van der Waals surface area (Å²) in [5, 5.41) is 9.02. The first-order valence-corrected chi connectivity index (χ1v) is 7.97. The molecule has 3 aromatic rings. The second-order valence-corrected chi connectivity index (χ2v) is 5.47. The molecule has 0 amide bonds. The number of hydrogen-bond donors (Lipinski definition) is 0. The molecule has 0 N–H and O–H groups in total. The van der Waals surface area contributed by atoms with Crippen LogP contribution in [0.2, 0.25) is 0 Å². The van der Waals surface area contributed by atoms with E-state index in [-0.39, 0.29) is 0 Å². The number of methoxy groups -OCH3 is 2. The summed E-state index contributed by atoms with van der Waals surface area (Å²) in [5.41, 5.74) is 3.85. The molecule has 0 atom stereocenters. The average molecular weight is 326 g/mol. The molecule has 6 nitrogen and oxygen atoms in total. The molecular formula is C18H22N4O2. The van der Waals surface area contributed by atoms with Gasteiger partial charge in [-0.1, -0.05) is 12.1 Å². The number of hydrogen-bond acceptors (Lipinski definition) is 5. The van der Waals surface area contributed by atoms with E-state index in [0.29, 0.717) is 13.2 Å². The first kappa shape index (κ1) is 16.4. The molecule has 3 rings (SSSR count). The molecule has 1 heterocycles. The van der Waals surface area contributed by atoms with Gasteiger partial charge in [0, 0.05) is 33.0 Å². The maximum Gasteiger partial charge on any atom is 0.113 e. The third-order valence-corrected chi connectivity index (χ3v) is 3.86. The van der Waals surface area contributed by atoms with Gasteiger partial charge < -0.3 is 14.4 Å². The summed E-state index contributed by atoms with van der Waals surface area (Å²) < 4.78 is 10.4. The van der Waals surface area contributed by atoms with Crippen LogP contribution < -0.4 is 4.90 Å². The number of rotatable bonds is 8. The van der Waals surface area contributed by atoms with Gasteiger partial charge in [-0.3, -0.25) is 0 Å². The molecule has 1 aromatic heterocycles. The van der Waals surface area contributed by atoms with E-state index in [1.807, 2.05) is 36.4 Å². The van der Waals surface area contributed by atoms with Crippen LogP contribution in [0.15, 0.2) is 48.5 Å². The number of ether oxygens (including phenoxy) is 2. The second kappa shape index (κ2) is 7.90. The Balaban J connectivity index is 1.80. The van der Waals surface area contributed by atoms with Crippen molar-refractivity contribution in [3.8, 4) is 5.69 Å². The molecule has 126 valence electrons. The molecule has 2 aromatic carbocycles. The van der Waals surface area contributed by atoms with Gasteiger partial charge >= 0.3 is 0 Å². The summed E-state index contributed by atoms with van der Waals surface area (Å²) in [6.07, 6.45) is 0. The fourth-order valence-corrected chi connectivity index (χ4v) is 2.54. The van der Waals surface area contributed by atoms with Crippen LogP contribution in [-0.2, 0) is 9.47 Å². The maximum absolute atomic E-state index is 5.19. The van der Waals surface area contributed by atoms with Crippen molar-refractivity contribution in [2.45, 2.75) is 0 Å². The van der Waals surface area contributed by atoms with Crippen LogP contribution in [0.5, 0.6) is 0 Å². The molecular weight excluding hydrogens is 304 g/mol. The molecule has 0 aliphatic heterocycles. The smallest absolute Gasteiger partial charge is 0.113 e. The van der Waals surface area contributed by atoms with Gasteiger partial charge in [0.05, 0.1) is 18.9 Å². The van der Waals surface area contributed by atoms with Crippen molar-refractivity contribution in [2.75, 3.05) is 45.4 Å². The summed E-state index contributed by atoms with van der Waals surface area (Å²) >= 11 is 0. The van der Waals surface area contributed by atoms with Gasteiger partial charge in [0.2, 0.25) is 0 Å². The molecule has 0 bridgehead atoms. The normalized spacial score (nSPS) is 11.1. The topological polar surface area (TPSA) is 52.4 Å². The number of aromatic nitrogens is 3. The minimum atomic E-state index is 0.678. The third kappa shape index (κ3) is 3.72. The fourth-order valence-electron chi connectivity index (χ4n) is 2.54. The number of nitrogens with zero attached hydrogens (tertiary/aromatic N) is 4. The lowest BCUT2D eigenvalue weighted by molar-refractivity contribution is 0.190. The van der Waals surface area contributed by atoms with Crippen LogP contribution in [0, 0.1) is 0 Å². The standard InChI is InChI=1S/C18H22N4O2/c1-23-13-11-21(12-14-24-2)15-7-9-16(10-8-15)22-19-17-5-3-4-6-18(17)20-22/h3-10H,11-14H2,1-2H3. The number of anilines is 1. The van der Waals surface area contributed by atoms with Crippen molar-refractivity contribution < 1.29 is 9.47 Å². The van der Waals surface area contributed by atoms with Gasteiger partial charge in [-0.15, -0.1) is 10.2 Å². The summed E-state index contributed by atoms with van der Waals surface area (Å²) in [5.74, 6) is 0. The summed E-state index contributed by atoms with van der Waals surface area (Å²) in [6, 6.07) is 16.1. The highest BCUT2D eigenvalue weighted by Gasteiger charge is 2.08. The highest BCUT2D eigenvalue weighted by atomic mass is 16.5. The van der Waals surface area contributed by atoms with Gasteiger partial charge in [-0.25, -0.2) is 0 Å². The van der Waals surface area contributed by atoms with Crippen LogP contribution in [0.1, 0.15) is 0 Å². The molecule has 0 fully saturated rings. The van der Waals surface area contributed by atoms with E-state index in [4.69, 9.17) is 9.47 Å². The minimum Gasteiger partial charge on any atom is -0.383 e. The minimum absolute atomic E-state index is 0.678. The molecule has 0 radical (unpaired) electrons. The van der Waals surface area contributed by atoms with Crippen molar-refractivity contribution in [2.24, 2.45) is 0 Å². The van der Waals surface area contributed by atoms with Gasteiger partial charge in [-0.05, 0) is 36.4 Å². The SMILES string of the molecule is COCCN(CCOC)c1ccc(-n2nc3ccccc3n2)cc1. The Morgan fingerprint density at radius 3 is 1.88 bits per heavy atom. The Labute approximate surface area is 141 Å². The van der Waals surface area contributed by atoms with Crippen molar-refractivity contribution in [3.63, 3.8) is 0 Å². The van der Waals surface area contributed by atoms with Crippen molar-refractivity contribution in [1.82, 2.24) is 15.0 Å². The molecule has 6 heteroatoms. The largest absolute Gasteiger partial charge is 0.383 e. The molecule has 0 saturated heterocycles. The zero-order chi connectivity index (χ0) is 16.8. The van der Waals surface area contributed by atoms with E-state index in [1.165, 1.54) is 0 Å². The maximum atomic E-state index is 5.19. The summed E-state index contributed by atoms with van der Waals surface area (Å²) in [4.78, 5) is 3.91. The fraction of sp³-hybridized carbons (Fsp3) is 0.333. The summed E-state index contributed by atoms with van der Waals surface area (Å²) in [7, 11) is 3.43. The van der Waals surface area contributed by atoms with Crippen LogP contribution in [0.3, 0.4) is 0 Å². The molecule has 0 aliphatic carbocycles. The Morgan fingerprint density at radius 1 is 0.833 bits per heavy atom. The first-order valence-electron chi connectivity index (χ1n) is 7.97. The van der Waals surface area contributed by atoms with Gasteiger partial charge in [0.25, 0.3) is 0 Å². The zero-order valence-corrected chi connectivity index (χ0v) is 14.1. The lowest BCUT2D eigenvalue weighted by Crippen LogP contribution is -2.30.